The topological polar surface area (TPSA) is 42.0 Å². The van der Waals surface area contributed by atoms with Crippen LogP contribution in [0.1, 0.15) is 15.9 Å². The van der Waals surface area contributed by atoms with Crippen LogP contribution in [-0.4, -0.2) is 10.9 Å². The number of carbonyl (C=O) groups is 1. The molecule has 6 heteroatoms. The minimum absolute atomic E-state index is 0.253. The van der Waals surface area contributed by atoms with Crippen LogP contribution >= 0.6 is 27.5 Å². The zero-order chi connectivity index (χ0) is 14.0. The highest BCUT2D eigenvalue weighted by atomic mass is 79.9. The third-order valence-corrected chi connectivity index (χ3v) is 3.49. The quantitative estimate of drug-likeness (QED) is 0.831. The summed E-state index contributed by atoms with van der Waals surface area (Å²) in [5.41, 5.74) is 1.41. The fourth-order valence-corrected chi connectivity index (χ4v) is 2.01. The number of hydrogen-bond acceptors (Lipinski definition) is 2. The number of aromatic nitrogens is 1. The molecule has 98 valence electrons. The van der Waals surface area contributed by atoms with Gasteiger partial charge in [-0.15, -0.1) is 0 Å². The van der Waals surface area contributed by atoms with Crippen molar-refractivity contribution in [1.29, 1.82) is 0 Å². The lowest BCUT2D eigenvalue weighted by Gasteiger charge is -2.07. The van der Waals surface area contributed by atoms with E-state index >= 15 is 0 Å². The first-order valence-corrected chi connectivity index (χ1v) is 6.52. The molecule has 0 fully saturated rings. The summed E-state index contributed by atoms with van der Waals surface area (Å²) < 4.78 is 13.8. The lowest BCUT2D eigenvalue weighted by molar-refractivity contribution is 0.102. The van der Waals surface area contributed by atoms with Gasteiger partial charge in [-0.3, -0.25) is 4.79 Å². The van der Waals surface area contributed by atoms with Crippen LogP contribution in [0.25, 0.3) is 0 Å². The van der Waals surface area contributed by atoms with Crippen molar-refractivity contribution < 1.29 is 9.18 Å². The number of nitrogens with one attached hydrogen (secondary N) is 1. The van der Waals surface area contributed by atoms with Crippen molar-refractivity contribution in [2.24, 2.45) is 0 Å². The Kier molecular flexibility index (Phi) is 4.17. The maximum atomic E-state index is 13.2. The molecular formula is C13H9BrClFN2O. The Hall–Kier alpha value is -1.46. The van der Waals surface area contributed by atoms with Crippen LogP contribution in [0.3, 0.4) is 0 Å². The number of aryl methyl sites for hydroxylation is 1. The van der Waals surface area contributed by atoms with Crippen molar-refractivity contribution in [2.75, 3.05) is 5.32 Å². The van der Waals surface area contributed by atoms with E-state index in [2.05, 4.69) is 26.2 Å². The molecule has 1 heterocycles. The molecule has 1 aromatic carbocycles. The van der Waals surface area contributed by atoms with Crippen molar-refractivity contribution in [2.45, 2.75) is 6.92 Å². The van der Waals surface area contributed by atoms with Gasteiger partial charge in [0.25, 0.3) is 5.91 Å². The Labute approximate surface area is 122 Å². The number of hydrogen-bond donors (Lipinski definition) is 1. The van der Waals surface area contributed by atoms with Crippen molar-refractivity contribution in [3.63, 3.8) is 0 Å². The number of nitrogens with zero attached hydrogens (tertiary/aromatic N) is 1. The van der Waals surface area contributed by atoms with Gasteiger partial charge < -0.3 is 5.32 Å². The molecule has 0 spiro atoms. The minimum Gasteiger partial charge on any atom is -0.321 e. The summed E-state index contributed by atoms with van der Waals surface area (Å²) in [5.74, 6) is -0.848. The number of halogens is 3. The third kappa shape index (κ3) is 3.52. The zero-order valence-corrected chi connectivity index (χ0v) is 12.2. The standard InChI is InChI=1S/C13H9BrClFN2O/c1-7-2-8(4-9(16)3-7)13(19)18-10-5-11(14)12(15)17-6-10/h2-6H,1H3,(H,18,19). The lowest BCUT2D eigenvalue weighted by atomic mass is 10.1. The monoisotopic (exact) mass is 342 g/mol. The maximum Gasteiger partial charge on any atom is 0.255 e. The number of benzene rings is 1. The molecule has 2 rings (SSSR count). The molecule has 0 aliphatic rings. The first-order valence-electron chi connectivity index (χ1n) is 5.35. The van der Waals surface area contributed by atoms with E-state index in [4.69, 9.17) is 11.6 Å². The summed E-state index contributed by atoms with van der Waals surface area (Å²) in [4.78, 5) is 15.9. The van der Waals surface area contributed by atoms with Gasteiger partial charge in [0.15, 0.2) is 0 Å². The lowest BCUT2D eigenvalue weighted by Crippen LogP contribution is -2.12. The molecular weight excluding hydrogens is 335 g/mol. The molecule has 1 amide bonds. The summed E-state index contributed by atoms with van der Waals surface area (Å²) in [6.07, 6.45) is 1.43. The number of rotatable bonds is 2. The molecule has 0 saturated heterocycles. The largest absolute Gasteiger partial charge is 0.321 e. The summed E-state index contributed by atoms with van der Waals surface area (Å²) in [7, 11) is 0. The average Bonchev–Trinajstić information content (AvgIpc) is 2.32. The van der Waals surface area contributed by atoms with Crippen molar-refractivity contribution in [1.82, 2.24) is 4.98 Å². The zero-order valence-electron chi connectivity index (χ0n) is 9.88. The van der Waals surface area contributed by atoms with Gasteiger partial charge in [-0.1, -0.05) is 11.6 Å². The Morgan fingerprint density at radius 3 is 2.74 bits per heavy atom. The summed E-state index contributed by atoms with van der Waals surface area (Å²) >= 11 is 8.97. The first kappa shape index (κ1) is 14.0. The van der Waals surface area contributed by atoms with Crippen LogP contribution < -0.4 is 5.32 Å². The Morgan fingerprint density at radius 2 is 2.11 bits per heavy atom. The molecule has 1 aromatic heterocycles. The predicted molar refractivity (Wildman–Crippen MR) is 76.0 cm³/mol. The highest BCUT2D eigenvalue weighted by molar-refractivity contribution is 9.10. The minimum atomic E-state index is -0.444. The van der Waals surface area contributed by atoms with Gasteiger partial charge >= 0.3 is 0 Å². The SMILES string of the molecule is Cc1cc(F)cc(C(=O)Nc2cnc(Cl)c(Br)c2)c1. The van der Waals surface area contributed by atoms with E-state index in [1.807, 2.05) is 0 Å². The number of carbonyl (C=O) groups excluding carboxylic acids is 1. The molecule has 0 aliphatic heterocycles. The fraction of sp³-hybridized carbons (Fsp3) is 0.0769. The average molecular weight is 344 g/mol. The van der Waals surface area contributed by atoms with Gasteiger partial charge in [-0.2, -0.15) is 0 Å². The Balaban J connectivity index is 2.22. The summed E-state index contributed by atoms with van der Waals surface area (Å²) in [6.45, 7) is 1.72. The van der Waals surface area contributed by atoms with E-state index in [0.29, 0.717) is 20.9 Å². The van der Waals surface area contributed by atoms with Crippen LogP contribution in [-0.2, 0) is 0 Å². The Morgan fingerprint density at radius 1 is 1.37 bits per heavy atom. The molecule has 0 aliphatic carbocycles. The Bertz CT molecular complexity index is 628. The molecule has 0 radical (unpaired) electrons. The van der Waals surface area contributed by atoms with Crippen molar-refractivity contribution in [3.05, 3.63) is 57.0 Å². The first-order chi connectivity index (χ1) is 8.95. The van der Waals surface area contributed by atoms with Crippen molar-refractivity contribution in [3.8, 4) is 0 Å². The van der Waals surface area contributed by atoms with E-state index in [-0.39, 0.29) is 5.56 Å². The highest BCUT2D eigenvalue weighted by Gasteiger charge is 2.09. The van der Waals surface area contributed by atoms with Crippen LogP contribution in [0.4, 0.5) is 10.1 Å². The molecule has 2 aromatic rings. The third-order valence-electron chi connectivity index (χ3n) is 2.36. The van der Waals surface area contributed by atoms with E-state index in [9.17, 15) is 9.18 Å². The van der Waals surface area contributed by atoms with Crippen molar-refractivity contribution >= 4 is 39.1 Å². The normalized spacial score (nSPS) is 10.3. The highest BCUT2D eigenvalue weighted by Crippen LogP contribution is 2.23. The van der Waals surface area contributed by atoms with Crippen LogP contribution in [0, 0.1) is 12.7 Å². The van der Waals surface area contributed by atoms with Gasteiger partial charge in [0.1, 0.15) is 11.0 Å². The van der Waals surface area contributed by atoms with Gasteiger partial charge in [-0.25, -0.2) is 9.37 Å². The van der Waals surface area contributed by atoms with E-state index in [0.717, 1.165) is 0 Å². The van der Waals surface area contributed by atoms with Gasteiger partial charge in [0, 0.05) is 5.56 Å². The number of anilines is 1. The summed E-state index contributed by atoms with van der Waals surface area (Å²) in [6, 6.07) is 5.77. The summed E-state index contributed by atoms with van der Waals surface area (Å²) in [5, 5.41) is 2.93. The van der Waals surface area contributed by atoms with Crippen LogP contribution in [0.5, 0.6) is 0 Å². The van der Waals surface area contributed by atoms with E-state index in [1.165, 1.54) is 18.3 Å². The smallest absolute Gasteiger partial charge is 0.255 e. The molecule has 0 saturated carbocycles. The predicted octanol–water partition coefficient (Wildman–Crippen LogP) is 4.20. The van der Waals surface area contributed by atoms with E-state index in [1.54, 1.807) is 19.1 Å². The van der Waals surface area contributed by atoms with Crippen LogP contribution in [0.2, 0.25) is 5.15 Å². The maximum absolute atomic E-state index is 13.2. The van der Waals surface area contributed by atoms with Gasteiger partial charge in [-0.05, 0) is 52.7 Å². The second kappa shape index (κ2) is 5.67. The van der Waals surface area contributed by atoms with Gasteiger partial charge in [0.05, 0.1) is 16.4 Å². The number of amides is 1. The van der Waals surface area contributed by atoms with Crippen LogP contribution in [0.15, 0.2) is 34.9 Å². The molecule has 0 unspecified atom stereocenters. The second-order valence-electron chi connectivity index (χ2n) is 3.97. The molecule has 0 bridgehead atoms. The second-order valence-corrected chi connectivity index (χ2v) is 5.18. The fourth-order valence-electron chi connectivity index (χ4n) is 1.56. The van der Waals surface area contributed by atoms with E-state index < -0.39 is 11.7 Å². The molecule has 3 nitrogen and oxygen atoms in total. The van der Waals surface area contributed by atoms with Gasteiger partial charge in [0.2, 0.25) is 0 Å². The molecule has 0 atom stereocenters. The molecule has 1 N–H and O–H groups in total. The molecule has 19 heavy (non-hydrogen) atoms. The number of pyridine rings is 1.